The predicted octanol–water partition coefficient (Wildman–Crippen LogP) is 1.07. The fourth-order valence-corrected chi connectivity index (χ4v) is 2.33. The molecule has 114 valence electrons. The molecule has 7 heteroatoms. The van der Waals surface area contributed by atoms with Gasteiger partial charge >= 0.3 is 0 Å². The zero-order valence-electron chi connectivity index (χ0n) is 12.3. The average molecular weight is 309 g/mol. The van der Waals surface area contributed by atoms with E-state index in [1.165, 1.54) is 22.8 Å². The Kier molecular flexibility index (Phi) is 5.08. The van der Waals surface area contributed by atoms with Crippen LogP contribution in [0.2, 0.25) is 0 Å². The second-order valence-corrected chi connectivity index (χ2v) is 6.21. The molecule has 0 aliphatic rings. The molecule has 0 aliphatic heterocycles. The van der Waals surface area contributed by atoms with E-state index in [9.17, 15) is 9.32 Å². The van der Waals surface area contributed by atoms with Crippen molar-refractivity contribution in [2.24, 2.45) is 0 Å². The van der Waals surface area contributed by atoms with Gasteiger partial charge in [0.2, 0.25) is 5.16 Å². The van der Waals surface area contributed by atoms with Gasteiger partial charge in [0.05, 0.1) is 17.3 Å². The highest BCUT2D eigenvalue weighted by molar-refractivity contribution is 7.84. The van der Waals surface area contributed by atoms with E-state index in [2.05, 4.69) is 10.1 Å². The monoisotopic (exact) mass is 309 g/mol. The van der Waals surface area contributed by atoms with Crippen molar-refractivity contribution >= 4 is 10.8 Å². The van der Waals surface area contributed by atoms with Gasteiger partial charge < -0.3 is 9.84 Å². The number of nitrogens with zero attached hydrogens (tertiary/aromatic N) is 3. The number of aliphatic hydroxyl groups excluding tert-OH is 1. The Labute approximate surface area is 126 Å². The summed E-state index contributed by atoms with van der Waals surface area (Å²) in [4.78, 5) is 3.91. The zero-order valence-corrected chi connectivity index (χ0v) is 13.1. The first-order valence-electron chi connectivity index (χ1n) is 6.56. The number of rotatable bonds is 6. The smallest absolute Gasteiger partial charge is 0.238 e. The summed E-state index contributed by atoms with van der Waals surface area (Å²) in [6.45, 7) is 4.39. The number of ether oxygens (including phenoxy) is 1. The molecule has 0 aliphatic carbocycles. The Morgan fingerprint density at radius 1 is 1.43 bits per heavy atom. The normalized spacial score (nSPS) is 13.9. The van der Waals surface area contributed by atoms with Crippen molar-refractivity contribution in [3.05, 3.63) is 35.7 Å². The van der Waals surface area contributed by atoms with Crippen molar-refractivity contribution in [1.29, 1.82) is 0 Å². The van der Waals surface area contributed by atoms with Crippen LogP contribution in [-0.2, 0) is 17.3 Å². The highest BCUT2D eigenvalue weighted by Gasteiger charge is 2.11. The van der Waals surface area contributed by atoms with Crippen molar-refractivity contribution in [2.75, 3.05) is 12.9 Å². The minimum absolute atomic E-state index is 0.161. The van der Waals surface area contributed by atoms with Crippen LogP contribution in [0.4, 0.5) is 0 Å². The highest BCUT2D eigenvalue weighted by Crippen LogP contribution is 2.18. The third-order valence-electron chi connectivity index (χ3n) is 2.93. The largest absolute Gasteiger partial charge is 0.491 e. The number of aromatic nitrogens is 3. The van der Waals surface area contributed by atoms with Gasteiger partial charge in [-0.15, -0.1) is 5.10 Å². The summed E-state index contributed by atoms with van der Waals surface area (Å²) in [5.41, 5.74) is 2.20. The quantitative estimate of drug-likeness (QED) is 0.864. The molecule has 0 saturated heterocycles. The van der Waals surface area contributed by atoms with Crippen LogP contribution in [0.15, 0.2) is 29.7 Å². The first kappa shape index (κ1) is 15.7. The Bertz CT molecular complexity index is 642. The van der Waals surface area contributed by atoms with E-state index in [1.54, 1.807) is 0 Å². The van der Waals surface area contributed by atoms with Gasteiger partial charge in [0.15, 0.2) is 0 Å². The molecule has 2 unspecified atom stereocenters. The maximum atomic E-state index is 11.2. The standard InChI is InChI=1S/C14H19N3O3S/c1-10-4-5-13(11(2)6-10)20-8-12(18)7-17-9-15-14(16-17)21(3)19/h4-6,9,12,18H,7-8H2,1-3H3. The predicted molar refractivity (Wildman–Crippen MR) is 79.8 cm³/mol. The lowest BCUT2D eigenvalue weighted by Gasteiger charge is -2.14. The van der Waals surface area contributed by atoms with Crippen molar-refractivity contribution in [3.63, 3.8) is 0 Å². The van der Waals surface area contributed by atoms with Crippen molar-refractivity contribution in [3.8, 4) is 5.75 Å². The molecule has 1 aromatic carbocycles. The lowest BCUT2D eigenvalue weighted by atomic mass is 10.1. The van der Waals surface area contributed by atoms with E-state index in [4.69, 9.17) is 4.74 Å². The molecule has 1 N–H and O–H groups in total. The number of aliphatic hydroxyl groups is 1. The fraction of sp³-hybridized carbons (Fsp3) is 0.429. The summed E-state index contributed by atoms with van der Waals surface area (Å²) in [7, 11) is -1.22. The number of hydrogen-bond donors (Lipinski definition) is 1. The van der Waals surface area contributed by atoms with Crippen molar-refractivity contribution < 1.29 is 14.1 Å². The molecule has 0 saturated carbocycles. The summed E-state index contributed by atoms with van der Waals surface area (Å²) < 4.78 is 18.3. The highest BCUT2D eigenvalue weighted by atomic mass is 32.2. The lowest BCUT2D eigenvalue weighted by Crippen LogP contribution is -2.24. The van der Waals surface area contributed by atoms with Gasteiger partial charge in [-0.25, -0.2) is 9.67 Å². The summed E-state index contributed by atoms with van der Waals surface area (Å²) in [6.07, 6.45) is 2.25. The molecule has 2 rings (SSSR count). The van der Waals surface area contributed by atoms with Gasteiger partial charge in [-0.1, -0.05) is 17.7 Å². The Morgan fingerprint density at radius 3 is 2.81 bits per heavy atom. The molecule has 0 bridgehead atoms. The minimum Gasteiger partial charge on any atom is -0.491 e. The van der Waals surface area contributed by atoms with E-state index in [0.717, 1.165) is 11.3 Å². The topological polar surface area (TPSA) is 77.2 Å². The van der Waals surface area contributed by atoms with Crippen LogP contribution in [0.5, 0.6) is 5.75 Å². The van der Waals surface area contributed by atoms with Crippen molar-refractivity contribution in [1.82, 2.24) is 14.8 Å². The van der Waals surface area contributed by atoms with E-state index in [1.807, 2.05) is 32.0 Å². The number of aryl methyl sites for hydroxylation is 2. The van der Waals surface area contributed by atoms with Crippen LogP contribution in [0.3, 0.4) is 0 Å². The molecule has 21 heavy (non-hydrogen) atoms. The maximum Gasteiger partial charge on any atom is 0.238 e. The van der Waals surface area contributed by atoms with Crippen LogP contribution in [-0.4, -0.2) is 43.0 Å². The summed E-state index contributed by atoms with van der Waals surface area (Å²) in [6, 6.07) is 5.89. The second-order valence-electron chi connectivity index (χ2n) is 4.94. The van der Waals surface area contributed by atoms with Crippen molar-refractivity contribution in [2.45, 2.75) is 31.7 Å². The Morgan fingerprint density at radius 2 is 2.19 bits per heavy atom. The Hall–Kier alpha value is -1.73. The van der Waals surface area contributed by atoms with Gasteiger partial charge in [-0.3, -0.25) is 4.21 Å². The molecular formula is C14H19N3O3S. The fourth-order valence-electron chi connectivity index (χ4n) is 1.91. The van der Waals surface area contributed by atoms with E-state index in [0.29, 0.717) is 0 Å². The summed E-state index contributed by atoms with van der Waals surface area (Å²) >= 11 is 0. The molecule has 0 fully saturated rings. The van der Waals surface area contributed by atoms with E-state index >= 15 is 0 Å². The molecular weight excluding hydrogens is 290 g/mol. The molecule has 0 spiro atoms. The van der Waals surface area contributed by atoms with Gasteiger partial charge in [0.1, 0.15) is 24.8 Å². The molecule has 2 aromatic rings. The molecule has 6 nitrogen and oxygen atoms in total. The van der Waals surface area contributed by atoms with E-state index in [-0.39, 0.29) is 18.3 Å². The number of benzene rings is 1. The van der Waals surface area contributed by atoms with Gasteiger partial charge in [0, 0.05) is 6.26 Å². The number of hydrogen-bond acceptors (Lipinski definition) is 5. The van der Waals surface area contributed by atoms with E-state index < -0.39 is 16.9 Å². The third kappa shape index (κ3) is 4.37. The SMILES string of the molecule is Cc1ccc(OCC(O)Cn2cnc(S(C)=O)n2)c(C)c1. The average Bonchev–Trinajstić information content (AvgIpc) is 2.86. The summed E-state index contributed by atoms with van der Waals surface area (Å²) in [5, 5.41) is 14.3. The first-order chi connectivity index (χ1) is 9.95. The van der Waals surface area contributed by atoms with Gasteiger partial charge in [-0.05, 0) is 25.5 Å². The third-order valence-corrected chi connectivity index (χ3v) is 3.63. The summed E-state index contributed by atoms with van der Waals surface area (Å²) in [5.74, 6) is 0.758. The van der Waals surface area contributed by atoms with Crippen LogP contribution in [0.1, 0.15) is 11.1 Å². The first-order valence-corrected chi connectivity index (χ1v) is 8.12. The van der Waals surface area contributed by atoms with Crippen LogP contribution < -0.4 is 4.74 Å². The molecule has 0 radical (unpaired) electrons. The second kappa shape index (κ2) is 6.82. The van der Waals surface area contributed by atoms with Crippen LogP contribution in [0, 0.1) is 13.8 Å². The minimum atomic E-state index is -1.22. The molecule has 1 heterocycles. The molecule has 2 atom stereocenters. The molecule has 0 amide bonds. The van der Waals surface area contributed by atoms with Crippen LogP contribution >= 0.6 is 0 Å². The Balaban J connectivity index is 1.89. The zero-order chi connectivity index (χ0) is 15.4. The van der Waals surface area contributed by atoms with Gasteiger partial charge in [0.25, 0.3) is 0 Å². The maximum absolute atomic E-state index is 11.2. The van der Waals surface area contributed by atoms with Gasteiger partial charge in [-0.2, -0.15) is 0 Å². The van der Waals surface area contributed by atoms with Crippen LogP contribution in [0.25, 0.3) is 0 Å². The molecule has 1 aromatic heterocycles. The lowest BCUT2D eigenvalue weighted by molar-refractivity contribution is 0.0886.